The maximum atomic E-state index is 6.30. The molecule has 0 amide bonds. The third kappa shape index (κ3) is 3.75. The molecule has 0 saturated carbocycles. The molecule has 2 N–H and O–H groups in total. The number of hydrogen-bond acceptors (Lipinski definition) is 2. The van der Waals surface area contributed by atoms with Gasteiger partial charge in [0, 0.05) is 28.7 Å². The first-order valence-corrected chi connectivity index (χ1v) is 8.16. The fourth-order valence-electron chi connectivity index (χ4n) is 2.49. The molecule has 0 bridgehead atoms. The van der Waals surface area contributed by atoms with Gasteiger partial charge in [-0.2, -0.15) is 5.10 Å². The molecule has 5 heteroatoms. The molecule has 0 aliphatic rings. The van der Waals surface area contributed by atoms with Gasteiger partial charge in [0.25, 0.3) is 0 Å². The van der Waals surface area contributed by atoms with E-state index in [4.69, 9.17) is 23.2 Å². The van der Waals surface area contributed by atoms with Crippen molar-refractivity contribution in [1.29, 1.82) is 0 Å². The zero-order valence-corrected chi connectivity index (χ0v) is 14.2. The summed E-state index contributed by atoms with van der Waals surface area (Å²) in [5.41, 5.74) is 4.14. The topological polar surface area (TPSA) is 40.7 Å². The number of hydrogen-bond donors (Lipinski definition) is 2. The minimum atomic E-state index is 0.250. The van der Waals surface area contributed by atoms with E-state index in [0.717, 1.165) is 16.8 Å². The predicted molar refractivity (Wildman–Crippen MR) is 95.7 cm³/mol. The molecule has 0 aliphatic heterocycles. The largest absolute Gasteiger partial charge is 0.306 e. The van der Waals surface area contributed by atoms with Gasteiger partial charge in [0.15, 0.2) is 0 Å². The molecule has 23 heavy (non-hydrogen) atoms. The lowest BCUT2D eigenvalue weighted by Crippen LogP contribution is -2.18. The number of aromatic nitrogens is 2. The molecule has 1 heterocycles. The highest BCUT2D eigenvalue weighted by Crippen LogP contribution is 2.31. The highest BCUT2D eigenvalue weighted by molar-refractivity contribution is 6.36. The van der Waals surface area contributed by atoms with E-state index in [2.05, 4.69) is 34.6 Å². The number of rotatable bonds is 5. The third-order valence-corrected chi connectivity index (χ3v) is 4.36. The van der Waals surface area contributed by atoms with Crippen molar-refractivity contribution in [2.24, 2.45) is 0 Å². The third-order valence-electron chi connectivity index (χ3n) is 3.82. The van der Waals surface area contributed by atoms with Crippen LogP contribution in [0.15, 0.2) is 54.7 Å². The summed E-state index contributed by atoms with van der Waals surface area (Å²) in [6.07, 6.45) is 1.82. The Kier molecular flexibility index (Phi) is 5.01. The Morgan fingerprint density at radius 3 is 2.65 bits per heavy atom. The van der Waals surface area contributed by atoms with Crippen LogP contribution in [0.25, 0.3) is 11.3 Å². The van der Waals surface area contributed by atoms with E-state index in [-0.39, 0.29) is 6.04 Å². The first kappa shape index (κ1) is 16.1. The van der Waals surface area contributed by atoms with Crippen molar-refractivity contribution in [3.8, 4) is 11.3 Å². The van der Waals surface area contributed by atoms with Crippen LogP contribution in [-0.2, 0) is 6.54 Å². The molecule has 0 saturated heterocycles. The van der Waals surface area contributed by atoms with Crippen molar-refractivity contribution in [2.75, 3.05) is 0 Å². The Balaban J connectivity index is 1.76. The summed E-state index contributed by atoms with van der Waals surface area (Å²) in [6, 6.07) is 16.1. The molecule has 1 atom stereocenters. The number of H-pyrrole nitrogens is 1. The van der Waals surface area contributed by atoms with Gasteiger partial charge in [-0.15, -0.1) is 0 Å². The van der Waals surface area contributed by atoms with Crippen LogP contribution in [0.2, 0.25) is 10.0 Å². The van der Waals surface area contributed by atoms with Crippen LogP contribution in [-0.4, -0.2) is 10.2 Å². The number of nitrogens with one attached hydrogen (secondary N) is 2. The molecule has 0 fully saturated rings. The van der Waals surface area contributed by atoms with Crippen LogP contribution < -0.4 is 5.32 Å². The molecule has 3 nitrogen and oxygen atoms in total. The zero-order valence-electron chi connectivity index (χ0n) is 12.7. The van der Waals surface area contributed by atoms with Crippen molar-refractivity contribution in [1.82, 2.24) is 15.5 Å². The lowest BCUT2D eigenvalue weighted by molar-refractivity contribution is 0.575. The second-order valence-corrected chi connectivity index (χ2v) is 6.25. The van der Waals surface area contributed by atoms with Crippen molar-refractivity contribution in [3.63, 3.8) is 0 Å². The summed E-state index contributed by atoms with van der Waals surface area (Å²) >= 11 is 12.3. The van der Waals surface area contributed by atoms with E-state index in [1.54, 1.807) is 6.07 Å². The SMILES string of the molecule is C[C@@H](NCc1cn[nH]c1-c1ccc(Cl)cc1Cl)c1ccccc1. The zero-order chi connectivity index (χ0) is 16.2. The van der Waals surface area contributed by atoms with Crippen molar-refractivity contribution >= 4 is 23.2 Å². The maximum Gasteiger partial charge on any atom is 0.0710 e. The minimum absolute atomic E-state index is 0.250. The van der Waals surface area contributed by atoms with Gasteiger partial charge in [0.05, 0.1) is 16.9 Å². The smallest absolute Gasteiger partial charge is 0.0710 e. The molecule has 118 valence electrons. The summed E-state index contributed by atoms with van der Waals surface area (Å²) in [7, 11) is 0. The van der Waals surface area contributed by atoms with Crippen LogP contribution in [0.3, 0.4) is 0 Å². The monoisotopic (exact) mass is 345 g/mol. The van der Waals surface area contributed by atoms with Crippen molar-refractivity contribution < 1.29 is 0 Å². The van der Waals surface area contributed by atoms with E-state index in [0.29, 0.717) is 16.6 Å². The number of benzene rings is 2. The lowest BCUT2D eigenvalue weighted by Gasteiger charge is -2.14. The van der Waals surface area contributed by atoms with Gasteiger partial charge in [-0.05, 0) is 30.7 Å². The molecule has 0 unspecified atom stereocenters. The Morgan fingerprint density at radius 2 is 1.91 bits per heavy atom. The number of nitrogens with zero attached hydrogens (tertiary/aromatic N) is 1. The second-order valence-electron chi connectivity index (χ2n) is 5.41. The average molecular weight is 346 g/mol. The first-order chi connectivity index (χ1) is 11.1. The highest BCUT2D eigenvalue weighted by atomic mass is 35.5. The number of halogens is 2. The number of aromatic amines is 1. The molecular weight excluding hydrogens is 329 g/mol. The van der Waals surface area contributed by atoms with E-state index in [1.165, 1.54) is 5.56 Å². The van der Waals surface area contributed by atoms with E-state index in [9.17, 15) is 0 Å². The summed E-state index contributed by atoms with van der Waals surface area (Å²) in [6.45, 7) is 2.84. The Bertz CT molecular complexity index is 784. The van der Waals surface area contributed by atoms with Gasteiger partial charge in [-0.25, -0.2) is 0 Å². The van der Waals surface area contributed by atoms with Crippen molar-refractivity contribution in [2.45, 2.75) is 19.5 Å². The summed E-state index contributed by atoms with van der Waals surface area (Å²) in [4.78, 5) is 0. The molecule has 2 aromatic carbocycles. The van der Waals surface area contributed by atoms with Gasteiger partial charge in [0.1, 0.15) is 0 Å². The summed E-state index contributed by atoms with van der Waals surface area (Å²) in [5, 5.41) is 11.9. The van der Waals surface area contributed by atoms with Gasteiger partial charge >= 0.3 is 0 Å². The Labute approximate surface area is 145 Å². The Morgan fingerprint density at radius 1 is 1.13 bits per heavy atom. The van der Waals surface area contributed by atoms with E-state index >= 15 is 0 Å². The fraction of sp³-hybridized carbons (Fsp3) is 0.167. The van der Waals surface area contributed by atoms with Crippen LogP contribution in [0.5, 0.6) is 0 Å². The molecule has 3 rings (SSSR count). The fourth-order valence-corrected chi connectivity index (χ4v) is 3.00. The second kappa shape index (κ2) is 7.18. The predicted octanol–water partition coefficient (Wildman–Crippen LogP) is 5.23. The van der Waals surface area contributed by atoms with Crippen LogP contribution >= 0.6 is 23.2 Å². The van der Waals surface area contributed by atoms with E-state index < -0.39 is 0 Å². The normalized spacial score (nSPS) is 12.3. The lowest BCUT2D eigenvalue weighted by atomic mass is 10.1. The first-order valence-electron chi connectivity index (χ1n) is 7.41. The van der Waals surface area contributed by atoms with Gasteiger partial charge < -0.3 is 5.32 Å². The molecule has 3 aromatic rings. The van der Waals surface area contributed by atoms with Crippen LogP contribution in [0.1, 0.15) is 24.1 Å². The minimum Gasteiger partial charge on any atom is -0.306 e. The summed E-state index contributed by atoms with van der Waals surface area (Å²) in [5.74, 6) is 0. The van der Waals surface area contributed by atoms with Gasteiger partial charge in [-0.3, -0.25) is 5.10 Å². The highest BCUT2D eigenvalue weighted by Gasteiger charge is 2.12. The van der Waals surface area contributed by atoms with Crippen molar-refractivity contribution in [3.05, 3.63) is 75.9 Å². The quantitative estimate of drug-likeness (QED) is 0.664. The molecule has 0 aliphatic carbocycles. The maximum absolute atomic E-state index is 6.30. The average Bonchev–Trinajstić information content (AvgIpc) is 3.01. The van der Waals surface area contributed by atoms with Gasteiger partial charge in [-0.1, -0.05) is 53.5 Å². The molecular formula is C18H17Cl2N3. The van der Waals surface area contributed by atoms with Crippen LogP contribution in [0.4, 0.5) is 0 Å². The molecule has 0 radical (unpaired) electrons. The molecule has 0 spiro atoms. The van der Waals surface area contributed by atoms with E-state index in [1.807, 2.05) is 36.5 Å². The summed E-state index contributed by atoms with van der Waals surface area (Å²) < 4.78 is 0. The Hall–Kier alpha value is -1.81. The van der Waals surface area contributed by atoms with Crippen LogP contribution in [0, 0.1) is 0 Å². The standard InChI is InChI=1S/C18H17Cl2N3/c1-12(13-5-3-2-4-6-13)21-10-14-11-22-23-18(14)16-8-7-15(19)9-17(16)20/h2-9,11-12,21H,10H2,1H3,(H,22,23)/t12-/m1/s1. The van der Waals surface area contributed by atoms with Gasteiger partial charge in [0.2, 0.25) is 0 Å². The molecule has 1 aromatic heterocycles.